The van der Waals surface area contributed by atoms with E-state index in [-0.39, 0.29) is 0 Å². The zero-order chi connectivity index (χ0) is 11.2. The van der Waals surface area contributed by atoms with Crippen molar-refractivity contribution >= 4 is 9.24 Å². The highest BCUT2D eigenvalue weighted by atomic mass is 31.0. The fraction of sp³-hybridized carbons (Fsp3) is 0.571. The van der Waals surface area contributed by atoms with Crippen LogP contribution in [0.3, 0.4) is 0 Å². The Labute approximate surface area is 101 Å². The molecule has 1 nitrogen and oxygen atoms in total. The summed E-state index contributed by atoms with van der Waals surface area (Å²) in [5.74, 6) is 0.407. The first-order valence-electron chi connectivity index (χ1n) is 6.43. The van der Waals surface area contributed by atoms with E-state index in [9.17, 15) is 0 Å². The topological polar surface area (TPSA) is 12.0 Å². The van der Waals surface area contributed by atoms with E-state index in [1.54, 1.807) is 0 Å². The van der Waals surface area contributed by atoms with Crippen molar-refractivity contribution in [1.29, 1.82) is 0 Å². The molecule has 0 radical (unpaired) electrons. The van der Waals surface area contributed by atoms with E-state index >= 15 is 0 Å². The van der Waals surface area contributed by atoms with Crippen molar-refractivity contribution in [2.24, 2.45) is 0 Å². The monoisotopic (exact) mass is 235 g/mol. The third kappa shape index (κ3) is 3.57. The zero-order valence-electron chi connectivity index (χ0n) is 9.86. The molecule has 0 heterocycles. The van der Waals surface area contributed by atoms with Crippen LogP contribution in [0.1, 0.15) is 49.9 Å². The van der Waals surface area contributed by atoms with Gasteiger partial charge in [-0.1, -0.05) is 56.0 Å². The third-order valence-electron chi connectivity index (χ3n) is 3.43. The van der Waals surface area contributed by atoms with Gasteiger partial charge in [-0.15, -0.1) is 9.24 Å². The van der Waals surface area contributed by atoms with Crippen molar-refractivity contribution < 1.29 is 0 Å². The summed E-state index contributed by atoms with van der Waals surface area (Å²) >= 11 is 0. The van der Waals surface area contributed by atoms with E-state index in [1.165, 1.54) is 44.1 Å². The van der Waals surface area contributed by atoms with E-state index in [4.69, 9.17) is 0 Å². The molecule has 0 amide bonds. The third-order valence-corrected chi connectivity index (χ3v) is 4.01. The molecule has 16 heavy (non-hydrogen) atoms. The van der Waals surface area contributed by atoms with Crippen LogP contribution in [0, 0.1) is 0 Å². The van der Waals surface area contributed by atoms with Crippen LogP contribution in [0.25, 0.3) is 0 Å². The highest BCUT2D eigenvalue weighted by Gasteiger charge is 2.14. The summed E-state index contributed by atoms with van der Waals surface area (Å²) in [5.41, 5.74) is 1.37. The number of benzene rings is 1. The first kappa shape index (κ1) is 12.1. The minimum absolute atomic E-state index is 0.407. The Hall–Kier alpha value is -0.390. The summed E-state index contributed by atoms with van der Waals surface area (Å²) < 4.78 is 0. The summed E-state index contributed by atoms with van der Waals surface area (Å²) in [6.07, 6.45) is 8.32. The summed E-state index contributed by atoms with van der Waals surface area (Å²) in [5, 5.41) is 3.74. The van der Waals surface area contributed by atoms with Crippen LogP contribution in [0.5, 0.6) is 0 Å². The number of nitrogens with one attached hydrogen (secondary N) is 1. The van der Waals surface area contributed by atoms with Gasteiger partial charge in [-0.3, -0.25) is 0 Å². The number of hydrogen-bond donors (Lipinski definition) is 1. The Morgan fingerprint density at radius 3 is 2.25 bits per heavy atom. The van der Waals surface area contributed by atoms with Crippen molar-refractivity contribution in [3.05, 3.63) is 35.9 Å². The average Bonchev–Trinajstić information content (AvgIpc) is 2.59. The smallest absolute Gasteiger partial charge is 0.0465 e. The van der Waals surface area contributed by atoms with Gasteiger partial charge >= 0.3 is 0 Å². The molecule has 0 saturated heterocycles. The van der Waals surface area contributed by atoms with Gasteiger partial charge in [-0.2, -0.15) is 0 Å². The van der Waals surface area contributed by atoms with Crippen LogP contribution in [-0.4, -0.2) is 6.04 Å². The first-order valence-corrected chi connectivity index (χ1v) is 7.09. The maximum Gasteiger partial charge on any atom is 0.0465 e. The Bertz CT molecular complexity index is 291. The lowest BCUT2D eigenvalue weighted by molar-refractivity contribution is 0.453. The summed E-state index contributed by atoms with van der Waals surface area (Å²) in [6, 6.07) is 11.4. The van der Waals surface area contributed by atoms with Gasteiger partial charge in [0.05, 0.1) is 0 Å². The fourth-order valence-corrected chi connectivity index (χ4v) is 2.95. The van der Waals surface area contributed by atoms with Crippen molar-refractivity contribution in [1.82, 2.24) is 5.32 Å². The molecule has 0 bridgehead atoms. The molecule has 2 heteroatoms. The van der Waals surface area contributed by atoms with Crippen LogP contribution >= 0.6 is 9.24 Å². The lowest BCUT2D eigenvalue weighted by Gasteiger charge is -2.22. The summed E-state index contributed by atoms with van der Waals surface area (Å²) in [4.78, 5) is 0. The van der Waals surface area contributed by atoms with Gasteiger partial charge in [-0.05, 0) is 18.4 Å². The van der Waals surface area contributed by atoms with Crippen LogP contribution in [-0.2, 0) is 0 Å². The molecule has 1 N–H and O–H groups in total. The molecule has 88 valence electrons. The van der Waals surface area contributed by atoms with Gasteiger partial charge in [0.15, 0.2) is 0 Å². The average molecular weight is 235 g/mol. The molecule has 2 atom stereocenters. The SMILES string of the molecule is PC(NC1CCCCCC1)c1ccccc1. The minimum Gasteiger partial charge on any atom is -0.304 e. The van der Waals surface area contributed by atoms with Crippen LogP contribution in [0.2, 0.25) is 0 Å². The van der Waals surface area contributed by atoms with E-state index in [0.717, 1.165) is 0 Å². The predicted molar refractivity (Wildman–Crippen MR) is 73.5 cm³/mol. The lowest BCUT2D eigenvalue weighted by Crippen LogP contribution is -2.29. The van der Waals surface area contributed by atoms with Gasteiger partial charge in [0, 0.05) is 11.8 Å². The molecule has 1 aromatic rings. The number of rotatable bonds is 3. The number of hydrogen-bond acceptors (Lipinski definition) is 1. The minimum atomic E-state index is 0.407. The highest BCUT2D eigenvalue weighted by Crippen LogP contribution is 2.24. The second kappa shape index (κ2) is 6.37. The second-order valence-corrected chi connectivity index (χ2v) is 5.41. The molecule has 0 aromatic heterocycles. The van der Waals surface area contributed by atoms with Crippen LogP contribution in [0.4, 0.5) is 0 Å². The first-order chi connectivity index (χ1) is 7.86. The normalized spacial score (nSPS) is 20.3. The Balaban J connectivity index is 1.88. The van der Waals surface area contributed by atoms with E-state index in [0.29, 0.717) is 11.8 Å². The molecular weight excluding hydrogens is 213 g/mol. The fourth-order valence-electron chi connectivity index (χ4n) is 2.46. The zero-order valence-corrected chi connectivity index (χ0v) is 11.0. The lowest BCUT2D eigenvalue weighted by atomic mass is 10.1. The maximum atomic E-state index is 3.74. The van der Waals surface area contributed by atoms with Crippen molar-refractivity contribution in [3.8, 4) is 0 Å². The highest BCUT2D eigenvalue weighted by molar-refractivity contribution is 7.17. The van der Waals surface area contributed by atoms with Gasteiger partial charge in [0.25, 0.3) is 0 Å². The predicted octanol–water partition coefficient (Wildman–Crippen LogP) is 3.87. The molecule has 2 rings (SSSR count). The molecule has 1 saturated carbocycles. The Morgan fingerprint density at radius 1 is 1.00 bits per heavy atom. The molecule has 0 aliphatic heterocycles. The van der Waals surface area contributed by atoms with Crippen molar-refractivity contribution in [2.75, 3.05) is 0 Å². The van der Waals surface area contributed by atoms with Gasteiger partial charge in [0.1, 0.15) is 0 Å². The molecule has 1 aliphatic carbocycles. The van der Waals surface area contributed by atoms with Crippen LogP contribution in [0.15, 0.2) is 30.3 Å². The largest absolute Gasteiger partial charge is 0.304 e. The quantitative estimate of drug-likeness (QED) is 0.619. The molecule has 1 aliphatic rings. The molecule has 1 fully saturated rings. The summed E-state index contributed by atoms with van der Waals surface area (Å²) in [6.45, 7) is 0. The maximum absolute atomic E-state index is 3.74. The van der Waals surface area contributed by atoms with Gasteiger partial charge < -0.3 is 5.32 Å². The molecule has 2 unspecified atom stereocenters. The summed E-state index contributed by atoms with van der Waals surface area (Å²) in [7, 11) is 2.93. The van der Waals surface area contributed by atoms with E-state index in [1.807, 2.05) is 0 Å². The Kier molecular flexibility index (Phi) is 4.81. The van der Waals surface area contributed by atoms with E-state index in [2.05, 4.69) is 44.9 Å². The Morgan fingerprint density at radius 2 is 1.62 bits per heavy atom. The molecule has 1 aromatic carbocycles. The van der Waals surface area contributed by atoms with Gasteiger partial charge in [-0.25, -0.2) is 0 Å². The van der Waals surface area contributed by atoms with Gasteiger partial charge in [0.2, 0.25) is 0 Å². The molecule has 0 spiro atoms. The second-order valence-electron chi connectivity index (χ2n) is 4.74. The van der Waals surface area contributed by atoms with Crippen molar-refractivity contribution in [2.45, 2.75) is 50.3 Å². The van der Waals surface area contributed by atoms with Crippen molar-refractivity contribution in [3.63, 3.8) is 0 Å². The van der Waals surface area contributed by atoms with E-state index < -0.39 is 0 Å². The van der Waals surface area contributed by atoms with Crippen LogP contribution < -0.4 is 5.32 Å². The standard InChI is InChI=1S/C14H22NP/c16-14(12-8-4-3-5-9-12)15-13-10-6-1-2-7-11-13/h3-5,8-9,13-15H,1-2,6-7,10-11,16H2. The molecular formula is C14H22NP.